The molecule has 0 atom stereocenters. The van der Waals surface area contributed by atoms with Gasteiger partial charge in [0.15, 0.2) is 0 Å². The fourth-order valence-corrected chi connectivity index (χ4v) is 3.91. The molecule has 0 spiro atoms. The van der Waals surface area contributed by atoms with Crippen molar-refractivity contribution in [1.29, 1.82) is 0 Å². The van der Waals surface area contributed by atoms with Crippen LogP contribution in [0.25, 0.3) is 0 Å². The molecule has 108 valence electrons. The maximum Gasteiger partial charge on any atom is 0.0152 e. The number of halogens is 1. The first kappa shape index (κ1) is 16.5. The third-order valence-corrected chi connectivity index (χ3v) is 4.89. The SMILES string of the molecule is CCCCCCCCCCN(C)CC1CC(Br)C1. The Morgan fingerprint density at radius 2 is 1.50 bits per heavy atom. The van der Waals surface area contributed by atoms with Crippen LogP contribution in [0.2, 0.25) is 0 Å². The summed E-state index contributed by atoms with van der Waals surface area (Å²) in [5.41, 5.74) is 0. The molecule has 0 saturated heterocycles. The van der Waals surface area contributed by atoms with Gasteiger partial charge in [-0.25, -0.2) is 0 Å². The van der Waals surface area contributed by atoms with Crippen LogP contribution in [-0.2, 0) is 0 Å². The van der Waals surface area contributed by atoms with Crippen molar-refractivity contribution < 1.29 is 0 Å². The molecule has 1 rings (SSSR count). The number of alkyl halides is 1. The van der Waals surface area contributed by atoms with Gasteiger partial charge in [0.05, 0.1) is 0 Å². The van der Waals surface area contributed by atoms with Crippen molar-refractivity contribution >= 4 is 15.9 Å². The van der Waals surface area contributed by atoms with Crippen LogP contribution in [0.1, 0.15) is 71.1 Å². The largest absolute Gasteiger partial charge is 0.306 e. The average Bonchev–Trinajstić information content (AvgIpc) is 2.30. The van der Waals surface area contributed by atoms with E-state index in [2.05, 4.69) is 34.8 Å². The molecule has 2 heteroatoms. The molecule has 0 radical (unpaired) electrons. The van der Waals surface area contributed by atoms with E-state index in [4.69, 9.17) is 0 Å². The Kier molecular flexibility index (Phi) is 9.40. The molecule has 0 bridgehead atoms. The summed E-state index contributed by atoms with van der Waals surface area (Å²) in [6.07, 6.45) is 14.2. The van der Waals surface area contributed by atoms with Crippen LogP contribution >= 0.6 is 15.9 Å². The number of hydrogen-bond acceptors (Lipinski definition) is 1. The molecule has 1 nitrogen and oxygen atoms in total. The lowest BCUT2D eigenvalue weighted by Gasteiger charge is -2.34. The van der Waals surface area contributed by atoms with Crippen LogP contribution in [0.5, 0.6) is 0 Å². The van der Waals surface area contributed by atoms with Crippen LogP contribution in [0, 0.1) is 5.92 Å². The summed E-state index contributed by atoms with van der Waals surface area (Å²) in [4.78, 5) is 3.36. The fraction of sp³-hybridized carbons (Fsp3) is 1.00. The summed E-state index contributed by atoms with van der Waals surface area (Å²) in [5.74, 6) is 0.966. The monoisotopic (exact) mass is 317 g/mol. The number of nitrogens with zero attached hydrogens (tertiary/aromatic N) is 1. The normalized spacial score (nSPS) is 23.3. The van der Waals surface area contributed by atoms with Gasteiger partial charge in [0.2, 0.25) is 0 Å². The first-order valence-corrected chi connectivity index (χ1v) is 8.96. The van der Waals surface area contributed by atoms with Crippen molar-refractivity contribution in [3.63, 3.8) is 0 Å². The Labute approximate surface area is 123 Å². The van der Waals surface area contributed by atoms with Gasteiger partial charge in [-0.15, -0.1) is 0 Å². The summed E-state index contributed by atoms with van der Waals surface area (Å²) in [5, 5.41) is 0. The van der Waals surface area contributed by atoms with Crippen LogP contribution in [0.15, 0.2) is 0 Å². The van der Waals surface area contributed by atoms with Gasteiger partial charge in [0.25, 0.3) is 0 Å². The van der Waals surface area contributed by atoms with Crippen molar-refractivity contribution in [2.75, 3.05) is 20.1 Å². The Balaban J connectivity index is 1.79. The zero-order chi connectivity index (χ0) is 13.2. The minimum absolute atomic E-state index is 0.819. The lowest BCUT2D eigenvalue weighted by Crippen LogP contribution is -2.35. The molecule has 0 unspecified atom stereocenters. The van der Waals surface area contributed by atoms with Crippen LogP contribution in [0.3, 0.4) is 0 Å². The molecule has 1 aliphatic carbocycles. The van der Waals surface area contributed by atoms with E-state index in [0.717, 1.165) is 10.7 Å². The highest BCUT2D eigenvalue weighted by Gasteiger charge is 2.27. The molecule has 0 N–H and O–H groups in total. The van der Waals surface area contributed by atoms with E-state index in [9.17, 15) is 0 Å². The number of unbranched alkanes of at least 4 members (excludes halogenated alkanes) is 7. The molecule has 0 aromatic rings. The van der Waals surface area contributed by atoms with E-state index in [-0.39, 0.29) is 0 Å². The topological polar surface area (TPSA) is 3.24 Å². The average molecular weight is 318 g/mol. The standard InChI is InChI=1S/C16H32BrN/c1-3-4-5-6-7-8-9-10-11-18(2)14-15-12-16(17)13-15/h15-16H,3-14H2,1-2H3. The second-order valence-electron chi connectivity index (χ2n) is 6.17. The summed E-state index contributed by atoms with van der Waals surface area (Å²) in [7, 11) is 2.29. The molecule has 1 aliphatic rings. The molecular formula is C16H32BrN. The predicted octanol–water partition coefficient (Wildman–Crippen LogP) is 5.23. The van der Waals surface area contributed by atoms with E-state index in [1.807, 2.05) is 0 Å². The van der Waals surface area contributed by atoms with Gasteiger partial charge >= 0.3 is 0 Å². The highest BCUT2D eigenvalue weighted by atomic mass is 79.9. The van der Waals surface area contributed by atoms with Crippen molar-refractivity contribution in [3.05, 3.63) is 0 Å². The Morgan fingerprint density at radius 3 is 2.06 bits per heavy atom. The third-order valence-electron chi connectivity index (χ3n) is 4.14. The molecule has 1 saturated carbocycles. The molecule has 0 aromatic heterocycles. The minimum Gasteiger partial charge on any atom is -0.306 e. The van der Waals surface area contributed by atoms with Gasteiger partial charge in [0, 0.05) is 11.4 Å². The molecule has 0 aromatic carbocycles. The summed E-state index contributed by atoms with van der Waals surface area (Å²) in [6, 6.07) is 0. The van der Waals surface area contributed by atoms with E-state index in [0.29, 0.717) is 0 Å². The van der Waals surface area contributed by atoms with E-state index in [1.165, 1.54) is 77.3 Å². The lowest BCUT2D eigenvalue weighted by atomic mass is 9.85. The highest BCUT2D eigenvalue weighted by Crippen LogP contribution is 2.33. The van der Waals surface area contributed by atoms with Gasteiger partial charge < -0.3 is 4.90 Å². The zero-order valence-electron chi connectivity index (χ0n) is 12.5. The van der Waals surface area contributed by atoms with Crippen molar-refractivity contribution in [2.45, 2.75) is 76.0 Å². The molecule has 18 heavy (non-hydrogen) atoms. The molecule has 0 aliphatic heterocycles. The van der Waals surface area contributed by atoms with Crippen LogP contribution in [0.4, 0.5) is 0 Å². The zero-order valence-corrected chi connectivity index (χ0v) is 14.1. The maximum atomic E-state index is 3.67. The quantitative estimate of drug-likeness (QED) is 0.372. The van der Waals surface area contributed by atoms with Gasteiger partial charge in [-0.3, -0.25) is 0 Å². The Hall–Kier alpha value is 0.440. The first-order chi connectivity index (χ1) is 8.72. The number of hydrogen-bond donors (Lipinski definition) is 0. The maximum absolute atomic E-state index is 3.67. The van der Waals surface area contributed by atoms with Gasteiger partial charge in [0.1, 0.15) is 0 Å². The van der Waals surface area contributed by atoms with Crippen molar-refractivity contribution in [2.24, 2.45) is 5.92 Å². The summed E-state index contributed by atoms with van der Waals surface area (Å²) < 4.78 is 0. The molecule has 0 amide bonds. The van der Waals surface area contributed by atoms with Crippen molar-refractivity contribution in [3.8, 4) is 0 Å². The Bertz CT molecular complexity index is 190. The fourth-order valence-electron chi connectivity index (χ4n) is 2.85. The smallest absolute Gasteiger partial charge is 0.0152 e. The molecule has 1 fully saturated rings. The minimum atomic E-state index is 0.819. The predicted molar refractivity (Wildman–Crippen MR) is 85.5 cm³/mol. The third kappa shape index (κ3) is 7.78. The van der Waals surface area contributed by atoms with E-state index in [1.54, 1.807) is 0 Å². The van der Waals surface area contributed by atoms with Crippen molar-refractivity contribution in [1.82, 2.24) is 4.90 Å². The van der Waals surface area contributed by atoms with E-state index >= 15 is 0 Å². The summed E-state index contributed by atoms with van der Waals surface area (Å²) >= 11 is 3.67. The van der Waals surface area contributed by atoms with E-state index < -0.39 is 0 Å². The Morgan fingerprint density at radius 1 is 0.944 bits per heavy atom. The first-order valence-electron chi connectivity index (χ1n) is 8.05. The summed E-state index contributed by atoms with van der Waals surface area (Å²) in [6.45, 7) is 4.91. The van der Waals surface area contributed by atoms with Gasteiger partial charge in [-0.05, 0) is 38.8 Å². The van der Waals surface area contributed by atoms with Crippen LogP contribution < -0.4 is 0 Å². The lowest BCUT2D eigenvalue weighted by molar-refractivity contribution is 0.210. The second-order valence-corrected chi connectivity index (χ2v) is 7.47. The van der Waals surface area contributed by atoms with Gasteiger partial charge in [-0.2, -0.15) is 0 Å². The molecular weight excluding hydrogens is 286 g/mol. The highest BCUT2D eigenvalue weighted by molar-refractivity contribution is 9.09. The number of rotatable bonds is 11. The van der Waals surface area contributed by atoms with Gasteiger partial charge in [-0.1, -0.05) is 67.8 Å². The second kappa shape index (κ2) is 10.3. The molecule has 0 heterocycles. The van der Waals surface area contributed by atoms with Crippen LogP contribution in [-0.4, -0.2) is 29.9 Å².